The van der Waals surface area contributed by atoms with Crippen molar-refractivity contribution in [3.63, 3.8) is 0 Å². The predicted octanol–water partition coefficient (Wildman–Crippen LogP) is 2.20. The van der Waals surface area contributed by atoms with Crippen molar-refractivity contribution in [2.75, 3.05) is 0 Å². The van der Waals surface area contributed by atoms with Crippen molar-refractivity contribution in [3.8, 4) is 6.07 Å². The molecule has 1 atom stereocenters. The van der Waals surface area contributed by atoms with E-state index in [1.807, 2.05) is 6.08 Å². The van der Waals surface area contributed by atoms with E-state index in [4.69, 9.17) is 5.26 Å². The minimum Gasteiger partial charge on any atom is -0.198 e. The summed E-state index contributed by atoms with van der Waals surface area (Å²) in [6, 6.07) is 2.19. The van der Waals surface area contributed by atoms with Crippen LogP contribution < -0.4 is 0 Å². The Morgan fingerprint density at radius 2 is 2.40 bits per heavy atom. The Morgan fingerprint density at radius 3 is 2.80 bits per heavy atom. The fraction of sp³-hybridized carbons (Fsp3) is 0.222. The van der Waals surface area contributed by atoms with Gasteiger partial charge < -0.3 is 0 Å². The largest absolute Gasteiger partial charge is 0.198 e. The van der Waals surface area contributed by atoms with Crippen LogP contribution in [-0.4, -0.2) is 0 Å². The monoisotopic (exact) mass is 131 g/mol. The quantitative estimate of drug-likeness (QED) is 0.535. The maximum atomic E-state index is 8.53. The third kappa shape index (κ3) is 0.886. The summed E-state index contributed by atoms with van der Waals surface area (Å²) in [5, 5.41) is 8.53. The molecule has 0 radical (unpaired) electrons. The lowest BCUT2D eigenvalue weighted by Crippen LogP contribution is -2.15. The number of rotatable bonds is 1. The molecule has 1 saturated carbocycles. The van der Waals surface area contributed by atoms with E-state index in [0.29, 0.717) is 0 Å². The third-order valence-electron chi connectivity index (χ3n) is 1.69. The Hall–Kier alpha value is -1.29. The first-order chi connectivity index (χ1) is 4.79. The highest BCUT2D eigenvalue weighted by atomic mass is 14.4. The number of nitrogens with zero attached hydrogens (tertiary/aromatic N) is 1. The molecule has 10 heavy (non-hydrogen) atoms. The molecule has 1 aliphatic carbocycles. The van der Waals surface area contributed by atoms with Crippen LogP contribution >= 0.6 is 0 Å². The topological polar surface area (TPSA) is 23.8 Å². The molecule has 0 heterocycles. The molecule has 0 aliphatic heterocycles. The molecular formula is C9H9N. The number of allylic oxidation sites excluding steroid dienone is 4. The second-order valence-electron chi connectivity index (χ2n) is 2.35. The maximum Gasteiger partial charge on any atom is 0.0755 e. The minimum absolute atomic E-state index is 0.0745. The van der Waals surface area contributed by atoms with Crippen molar-refractivity contribution < 1.29 is 0 Å². The van der Waals surface area contributed by atoms with Crippen LogP contribution in [0.4, 0.5) is 0 Å². The van der Waals surface area contributed by atoms with Crippen LogP contribution in [0.15, 0.2) is 36.5 Å². The second kappa shape index (κ2) is 2.53. The average Bonchev–Trinajstić information content (AvgIpc) is 1.95. The standard InChI is InChI=1S/C9H9N/c1-3-4-9-7(2)5-8(9)6-10/h3-4,8H,1-2,5H2/b9-4+. The van der Waals surface area contributed by atoms with Gasteiger partial charge in [0.25, 0.3) is 0 Å². The zero-order chi connectivity index (χ0) is 7.56. The minimum atomic E-state index is 0.0745. The third-order valence-corrected chi connectivity index (χ3v) is 1.69. The molecule has 0 amide bonds. The van der Waals surface area contributed by atoms with E-state index in [1.54, 1.807) is 6.08 Å². The summed E-state index contributed by atoms with van der Waals surface area (Å²) in [5.41, 5.74) is 2.13. The maximum absolute atomic E-state index is 8.53. The van der Waals surface area contributed by atoms with E-state index in [9.17, 15) is 0 Å². The lowest BCUT2D eigenvalue weighted by molar-refractivity contribution is 0.673. The predicted molar refractivity (Wildman–Crippen MR) is 41.1 cm³/mol. The van der Waals surface area contributed by atoms with Gasteiger partial charge in [0.15, 0.2) is 0 Å². The van der Waals surface area contributed by atoms with Crippen LogP contribution in [-0.2, 0) is 0 Å². The van der Waals surface area contributed by atoms with E-state index in [1.165, 1.54) is 0 Å². The Morgan fingerprint density at radius 1 is 1.70 bits per heavy atom. The van der Waals surface area contributed by atoms with Crippen LogP contribution in [0.1, 0.15) is 6.42 Å². The highest BCUT2D eigenvalue weighted by Gasteiger charge is 2.26. The van der Waals surface area contributed by atoms with Crippen LogP contribution in [0.2, 0.25) is 0 Å². The van der Waals surface area contributed by atoms with E-state index in [0.717, 1.165) is 17.6 Å². The van der Waals surface area contributed by atoms with Crippen molar-refractivity contribution in [1.29, 1.82) is 5.26 Å². The van der Waals surface area contributed by atoms with Gasteiger partial charge in [0.05, 0.1) is 12.0 Å². The molecule has 1 fully saturated rings. The summed E-state index contributed by atoms with van der Waals surface area (Å²) in [4.78, 5) is 0. The zero-order valence-electron chi connectivity index (χ0n) is 5.80. The molecule has 1 aliphatic rings. The molecule has 1 heteroatoms. The van der Waals surface area contributed by atoms with Crippen LogP contribution in [0.3, 0.4) is 0 Å². The Kier molecular flexibility index (Phi) is 1.73. The van der Waals surface area contributed by atoms with Crippen LogP contribution in [0.5, 0.6) is 0 Å². The summed E-state index contributed by atoms with van der Waals surface area (Å²) in [5.74, 6) is 0.0745. The molecule has 0 saturated heterocycles. The summed E-state index contributed by atoms with van der Waals surface area (Å²) < 4.78 is 0. The van der Waals surface area contributed by atoms with Gasteiger partial charge in [0.1, 0.15) is 0 Å². The molecule has 1 rings (SSSR count). The molecule has 0 spiro atoms. The van der Waals surface area contributed by atoms with Gasteiger partial charge in [-0.15, -0.1) is 0 Å². The molecule has 0 N–H and O–H groups in total. The average molecular weight is 131 g/mol. The molecule has 1 unspecified atom stereocenters. The van der Waals surface area contributed by atoms with Gasteiger partial charge in [0.2, 0.25) is 0 Å². The van der Waals surface area contributed by atoms with Gasteiger partial charge in [-0.3, -0.25) is 0 Å². The first-order valence-corrected chi connectivity index (χ1v) is 3.20. The summed E-state index contributed by atoms with van der Waals surface area (Å²) in [6.07, 6.45) is 4.39. The fourth-order valence-corrected chi connectivity index (χ4v) is 1.07. The Labute approximate surface area is 61.0 Å². The summed E-state index contributed by atoms with van der Waals surface area (Å²) in [7, 11) is 0. The molecule has 0 aromatic heterocycles. The van der Waals surface area contributed by atoms with Gasteiger partial charge in [-0.25, -0.2) is 0 Å². The molecule has 0 aromatic rings. The van der Waals surface area contributed by atoms with Crippen molar-refractivity contribution in [2.45, 2.75) is 6.42 Å². The first kappa shape index (κ1) is 6.82. The van der Waals surface area contributed by atoms with E-state index in [2.05, 4.69) is 19.2 Å². The van der Waals surface area contributed by atoms with Gasteiger partial charge >= 0.3 is 0 Å². The number of hydrogen-bond acceptors (Lipinski definition) is 1. The highest BCUT2D eigenvalue weighted by Crippen LogP contribution is 2.37. The summed E-state index contributed by atoms with van der Waals surface area (Å²) >= 11 is 0. The van der Waals surface area contributed by atoms with Crippen LogP contribution in [0, 0.1) is 17.2 Å². The number of hydrogen-bond donors (Lipinski definition) is 0. The van der Waals surface area contributed by atoms with Crippen molar-refractivity contribution in [3.05, 3.63) is 36.5 Å². The van der Waals surface area contributed by atoms with E-state index < -0.39 is 0 Å². The molecular weight excluding hydrogens is 122 g/mol. The van der Waals surface area contributed by atoms with E-state index in [-0.39, 0.29) is 5.92 Å². The molecule has 0 aromatic carbocycles. The molecule has 1 nitrogen and oxygen atoms in total. The van der Waals surface area contributed by atoms with Gasteiger partial charge in [-0.05, 0) is 17.6 Å². The van der Waals surface area contributed by atoms with Crippen molar-refractivity contribution >= 4 is 0 Å². The number of nitriles is 1. The van der Waals surface area contributed by atoms with Crippen molar-refractivity contribution in [1.82, 2.24) is 0 Å². The smallest absolute Gasteiger partial charge is 0.0755 e. The van der Waals surface area contributed by atoms with Gasteiger partial charge in [-0.1, -0.05) is 25.3 Å². The Bertz CT molecular complexity index is 240. The van der Waals surface area contributed by atoms with E-state index >= 15 is 0 Å². The lowest BCUT2D eigenvalue weighted by atomic mass is 9.76. The second-order valence-corrected chi connectivity index (χ2v) is 2.35. The van der Waals surface area contributed by atoms with Crippen molar-refractivity contribution in [2.24, 2.45) is 5.92 Å². The lowest BCUT2D eigenvalue weighted by Gasteiger charge is -2.26. The zero-order valence-corrected chi connectivity index (χ0v) is 5.80. The SMILES string of the molecule is C=C/C=C1\C(=C)CC1C#N. The van der Waals surface area contributed by atoms with Gasteiger partial charge in [0, 0.05) is 0 Å². The Balaban J connectivity index is 2.76. The highest BCUT2D eigenvalue weighted by molar-refractivity contribution is 5.46. The normalized spacial score (nSPS) is 27.3. The molecule has 50 valence electrons. The van der Waals surface area contributed by atoms with Crippen LogP contribution in [0.25, 0.3) is 0 Å². The fourth-order valence-electron chi connectivity index (χ4n) is 1.07. The molecule has 0 bridgehead atoms. The first-order valence-electron chi connectivity index (χ1n) is 3.20. The van der Waals surface area contributed by atoms with Gasteiger partial charge in [-0.2, -0.15) is 5.26 Å². The summed E-state index contributed by atoms with van der Waals surface area (Å²) in [6.45, 7) is 7.35.